The summed E-state index contributed by atoms with van der Waals surface area (Å²) in [6.45, 7) is 1.37. The maximum atomic E-state index is 14.6. The molecule has 2 heterocycles. The van der Waals surface area contributed by atoms with Crippen molar-refractivity contribution in [2.45, 2.75) is 12.8 Å². The number of halogens is 1. The summed E-state index contributed by atoms with van der Waals surface area (Å²) < 4.78 is 19.7. The summed E-state index contributed by atoms with van der Waals surface area (Å²) in [6.07, 6.45) is 3.53. The number of carbonyl (C=O) groups excluding carboxylic acids is 3. The summed E-state index contributed by atoms with van der Waals surface area (Å²) >= 11 is 0.693. The van der Waals surface area contributed by atoms with Gasteiger partial charge in [-0.3, -0.25) is 19.3 Å². The third-order valence-corrected chi connectivity index (χ3v) is 6.20. The molecule has 0 radical (unpaired) electrons. The molecule has 0 atom stereocenters. The quantitative estimate of drug-likeness (QED) is 0.661. The van der Waals surface area contributed by atoms with Gasteiger partial charge in [0.25, 0.3) is 11.1 Å². The van der Waals surface area contributed by atoms with Crippen molar-refractivity contribution in [3.8, 4) is 5.75 Å². The van der Waals surface area contributed by atoms with Crippen LogP contribution in [0.5, 0.6) is 5.75 Å². The van der Waals surface area contributed by atoms with Gasteiger partial charge in [-0.25, -0.2) is 4.39 Å². The number of anilines is 2. The van der Waals surface area contributed by atoms with Crippen LogP contribution in [0.1, 0.15) is 18.4 Å². The van der Waals surface area contributed by atoms with Crippen molar-refractivity contribution in [2.24, 2.45) is 0 Å². The largest absolute Gasteiger partial charge is 0.497 e. The van der Waals surface area contributed by atoms with Crippen molar-refractivity contribution in [3.63, 3.8) is 0 Å². The summed E-state index contributed by atoms with van der Waals surface area (Å²) in [7, 11) is 1.54. The van der Waals surface area contributed by atoms with Gasteiger partial charge in [0.05, 0.1) is 12.0 Å². The number of hydrogen-bond acceptors (Lipinski definition) is 6. The van der Waals surface area contributed by atoms with Crippen LogP contribution in [0.25, 0.3) is 6.08 Å². The van der Waals surface area contributed by atoms with Gasteiger partial charge in [0.15, 0.2) is 0 Å². The summed E-state index contributed by atoms with van der Waals surface area (Å²) in [5.74, 6) is -0.953. The van der Waals surface area contributed by atoms with E-state index in [9.17, 15) is 18.8 Å². The first-order valence-electron chi connectivity index (χ1n) is 10.2. The Morgan fingerprint density at radius 1 is 1.16 bits per heavy atom. The van der Waals surface area contributed by atoms with Crippen LogP contribution in [0.2, 0.25) is 0 Å². The van der Waals surface area contributed by atoms with Gasteiger partial charge in [0.1, 0.15) is 18.1 Å². The predicted molar refractivity (Wildman–Crippen MR) is 122 cm³/mol. The third kappa shape index (κ3) is 4.77. The van der Waals surface area contributed by atoms with Crippen LogP contribution in [0, 0.1) is 5.82 Å². The van der Waals surface area contributed by atoms with E-state index in [1.54, 1.807) is 30.3 Å². The first-order chi connectivity index (χ1) is 15.4. The van der Waals surface area contributed by atoms with E-state index in [0.717, 1.165) is 36.5 Å². The first-order valence-corrected chi connectivity index (χ1v) is 11.0. The minimum atomic E-state index is -0.618. The molecule has 0 bridgehead atoms. The molecule has 0 saturated carbocycles. The summed E-state index contributed by atoms with van der Waals surface area (Å²) in [6, 6.07) is 11.5. The molecule has 1 N–H and O–H groups in total. The second kappa shape index (κ2) is 9.44. The molecule has 0 spiro atoms. The van der Waals surface area contributed by atoms with Gasteiger partial charge in [0, 0.05) is 30.0 Å². The Morgan fingerprint density at radius 3 is 2.53 bits per heavy atom. The number of imide groups is 1. The van der Waals surface area contributed by atoms with Crippen LogP contribution in [0.4, 0.5) is 20.6 Å². The lowest BCUT2D eigenvalue weighted by Gasteiger charge is -2.17. The van der Waals surface area contributed by atoms with Gasteiger partial charge in [-0.15, -0.1) is 0 Å². The normalized spacial score (nSPS) is 17.4. The molecule has 166 valence electrons. The van der Waals surface area contributed by atoms with E-state index in [2.05, 4.69) is 10.2 Å². The number of nitrogens with zero attached hydrogens (tertiary/aromatic N) is 2. The standard InChI is InChI=1S/C23H22FN3O4S/c1-31-18-8-5-16(6-9-18)25-21(28)14-27-22(29)20(32-23(27)30)12-15-4-7-17(13-19(15)24)26-10-2-3-11-26/h4-9,12-13H,2-3,10-11,14H2,1H3,(H,25,28)/b20-12+. The highest BCUT2D eigenvalue weighted by atomic mass is 32.2. The lowest BCUT2D eigenvalue weighted by atomic mass is 10.1. The molecule has 7 nitrogen and oxygen atoms in total. The molecule has 32 heavy (non-hydrogen) atoms. The fraction of sp³-hybridized carbons (Fsp3) is 0.261. The summed E-state index contributed by atoms with van der Waals surface area (Å²) in [5.41, 5.74) is 1.54. The Morgan fingerprint density at radius 2 is 1.88 bits per heavy atom. The number of nitrogens with one attached hydrogen (secondary N) is 1. The molecule has 2 aliphatic rings. The number of benzene rings is 2. The van der Waals surface area contributed by atoms with E-state index in [-0.39, 0.29) is 10.5 Å². The van der Waals surface area contributed by atoms with E-state index in [0.29, 0.717) is 23.2 Å². The number of ether oxygens (including phenoxy) is 1. The monoisotopic (exact) mass is 455 g/mol. The minimum Gasteiger partial charge on any atom is -0.497 e. The Bertz CT molecular complexity index is 1080. The Labute approximate surface area is 189 Å². The van der Waals surface area contributed by atoms with E-state index in [4.69, 9.17) is 4.74 Å². The van der Waals surface area contributed by atoms with Crippen molar-refractivity contribution in [3.05, 3.63) is 58.8 Å². The number of amides is 3. The van der Waals surface area contributed by atoms with Crippen molar-refractivity contribution in [1.29, 1.82) is 0 Å². The Hall–Kier alpha value is -3.33. The van der Waals surface area contributed by atoms with Crippen molar-refractivity contribution in [1.82, 2.24) is 4.90 Å². The molecule has 0 aliphatic carbocycles. The second-order valence-corrected chi connectivity index (χ2v) is 8.44. The second-order valence-electron chi connectivity index (χ2n) is 7.44. The fourth-order valence-electron chi connectivity index (χ4n) is 3.60. The molecule has 3 amide bonds. The number of hydrogen-bond donors (Lipinski definition) is 1. The maximum Gasteiger partial charge on any atom is 0.294 e. The van der Waals surface area contributed by atoms with Gasteiger partial charge in [-0.05, 0) is 73.1 Å². The van der Waals surface area contributed by atoms with Crippen LogP contribution < -0.4 is 15.0 Å². The van der Waals surface area contributed by atoms with E-state index in [1.165, 1.54) is 19.3 Å². The van der Waals surface area contributed by atoms with Crippen molar-refractivity contribution >= 4 is 46.3 Å². The van der Waals surface area contributed by atoms with Crippen LogP contribution >= 0.6 is 11.8 Å². The van der Waals surface area contributed by atoms with Gasteiger partial charge < -0.3 is 15.0 Å². The zero-order valence-electron chi connectivity index (χ0n) is 17.5. The van der Waals surface area contributed by atoms with Crippen molar-refractivity contribution < 1.29 is 23.5 Å². The molecule has 2 fully saturated rings. The summed E-state index contributed by atoms with van der Waals surface area (Å²) in [5, 5.41) is 2.06. The van der Waals surface area contributed by atoms with Crippen molar-refractivity contribution in [2.75, 3.05) is 37.0 Å². The number of methoxy groups -OCH3 is 1. The van der Waals surface area contributed by atoms with Gasteiger partial charge >= 0.3 is 0 Å². The van der Waals surface area contributed by atoms with Crippen LogP contribution in [0.15, 0.2) is 47.4 Å². The molecule has 2 aliphatic heterocycles. The van der Waals surface area contributed by atoms with Crippen LogP contribution in [0.3, 0.4) is 0 Å². The van der Waals surface area contributed by atoms with Crippen LogP contribution in [-0.2, 0) is 9.59 Å². The maximum absolute atomic E-state index is 14.6. The molecule has 9 heteroatoms. The molecule has 2 aromatic carbocycles. The highest BCUT2D eigenvalue weighted by Gasteiger charge is 2.36. The SMILES string of the molecule is COc1ccc(NC(=O)CN2C(=O)S/C(=C/c3ccc(N4CCCC4)cc3F)C2=O)cc1. The van der Waals surface area contributed by atoms with E-state index < -0.39 is 29.4 Å². The Kier molecular flexibility index (Phi) is 6.45. The number of carbonyl (C=O) groups is 3. The number of rotatable bonds is 6. The highest BCUT2D eigenvalue weighted by molar-refractivity contribution is 8.18. The lowest BCUT2D eigenvalue weighted by Crippen LogP contribution is -2.36. The Balaban J connectivity index is 1.42. The van der Waals surface area contributed by atoms with E-state index in [1.807, 2.05) is 6.07 Å². The lowest BCUT2D eigenvalue weighted by molar-refractivity contribution is -0.127. The van der Waals surface area contributed by atoms with Gasteiger partial charge in [-0.1, -0.05) is 0 Å². The smallest absolute Gasteiger partial charge is 0.294 e. The summed E-state index contributed by atoms with van der Waals surface area (Å²) in [4.78, 5) is 40.3. The topological polar surface area (TPSA) is 79.0 Å². The molecule has 0 aromatic heterocycles. The third-order valence-electron chi connectivity index (χ3n) is 5.29. The zero-order valence-corrected chi connectivity index (χ0v) is 18.3. The zero-order chi connectivity index (χ0) is 22.7. The highest BCUT2D eigenvalue weighted by Crippen LogP contribution is 2.33. The molecule has 4 rings (SSSR count). The molecular formula is C23H22FN3O4S. The number of thioether (sulfide) groups is 1. The van der Waals surface area contributed by atoms with Crippen LogP contribution in [-0.4, -0.2) is 48.7 Å². The van der Waals surface area contributed by atoms with Gasteiger partial charge in [0.2, 0.25) is 5.91 Å². The van der Waals surface area contributed by atoms with E-state index >= 15 is 0 Å². The first kappa shape index (κ1) is 21.9. The molecule has 2 saturated heterocycles. The fourth-order valence-corrected chi connectivity index (χ4v) is 4.43. The van der Waals surface area contributed by atoms with Gasteiger partial charge in [-0.2, -0.15) is 0 Å². The average molecular weight is 456 g/mol. The molecule has 2 aromatic rings. The average Bonchev–Trinajstić information content (AvgIpc) is 3.41. The predicted octanol–water partition coefficient (Wildman–Crippen LogP) is 4.11. The molecular weight excluding hydrogens is 433 g/mol. The minimum absolute atomic E-state index is 0.0834. The molecule has 0 unspecified atom stereocenters.